The molecule has 11 nitrogen and oxygen atoms in total. The molecule has 1 aliphatic heterocycles. The molecule has 5 rings (SSSR count). The third-order valence-electron chi connectivity index (χ3n) is 6.32. The summed E-state index contributed by atoms with van der Waals surface area (Å²) in [6, 6.07) is 23.9. The maximum absolute atomic E-state index is 13.3. The Labute approximate surface area is 249 Å². The van der Waals surface area contributed by atoms with Gasteiger partial charge in [-0.05, 0) is 60.2 Å². The summed E-state index contributed by atoms with van der Waals surface area (Å²) in [6.07, 6.45) is 4.60. The number of pyridine rings is 1. The Morgan fingerprint density at radius 1 is 0.977 bits per heavy atom. The topological polar surface area (TPSA) is 152 Å². The third-order valence-corrected chi connectivity index (χ3v) is 7.50. The molecule has 2 N–H and O–H groups in total. The van der Waals surface area contributed by atoms with Gasteiger partial charge in [0.1, 0.15) is 5.70 Å². The summed E-state index contributed by atoms with van der Waals surface area (Å²) >= 11 is 1.17. The predicted molar refractivity (Wildman–Crippen MR) is 161 cm³/mol. The highest BCUT2D eigenvalue weighted by Gasteiger charge is 2.40. The van der Waals surface area contributed by atoms with Gasteiger partial charge in [0.15, 0.2) is 0 Å². The maximum Gasteiger partial charge on any atom is 0.272 e. The van der Waals surface area contributed by atoms with Crippen LogP contribution in [0.5, 0.6) is 0 Å². The Balaban J connectivity index is 1.30. The van der Waals surface area contributed by atoms with Crippen molar-refractivity contribution >= 4 is 58.5 Å². The van der Waals surface area contributed by atoms with Crippen LogP contribution < -0.4 is 15.5 Å². The molecule has 0 spiro atoms. The lowest BCUT2D eigenvalue weighted by atomic mass is 10.2. The lowest BCUT2D eigenvalue weighted by Gasteiger charge is -2.15. The monoisotopic (exact) mass is 593 g/mol. The highest BCUT2D eigenvalue weighted by Crippen LogP contribution is 2.35. The second-order valence-electron chi connectivity index (χ2n) is 9.30. The van der Waals surface area contributed by atoms with E-state index in [0.29, 0.717) is 21.7 Å². The van der Waals surface area contributed by atoms with Gasteiger partial charge in [0, 0.05) is 47.1 Å². The molecule has 1 atom stereocenters. The average molecular weight is 594 g/mol. The zero-order valence-electron chi connectivity index (χ0n) is 22.4. The number of nitrogens with zero attached hydrogens (tertiary/aromatic N) is 3. The summed E-state index contributed by atoms with van der Waals surface area (Å²) in [4.78, 5) is 68.1. The minimum absolute atomic E-state index is 0.00443. The van der Waals surface area contributed by atoms with Crippen LogP contribution in [-0.4, -0.2) is 38.8 Å². The van der Waals surface area contributed by atoms with Crippen LogP contribution >= 0.6 is 11.8 Å². The van der Waals surface area contributed by atoms with Crippen LogP contribution in [0.3, 0.4) is 0 Å². The van der Waals surface area contributed by atoms with E-state index in [1.54, 1.807) is 79.1 Å². The maximum atomic E-state index is 13.3. The summed E-state index contributed by atoms with van der Waals surface area (Å²) in [6.45, 7) is 0. The summed E-state index contributed by atoms with van der Waals surface area (Å²) in [5.41, 5.74) is 1.50. The fourth-order valence-electron chi connectivity index (χ4n) is 4.27. The Hall–Kier alpha value is -5.62. The van der Waals surface area contributed by atoms with E-state index in [2.05, 4.69) is 15.6 Å². The quantitative estimate of drug-likeness (QED) is 0.121. The van der Waals surface area contributed by atoms with Crippen molar-refractivity contribution in [3.05, 3.63) is 130 Å². The second kappa shape index (κ2) is 12.9. The average Bonchev–Trinajstić information content (AvgIpc) is 3.29. The van der Waals surface area contributed by atoms with E-state index in [9.17, 15) is 29.3 Å². The van der Waals surface area contributed by atoms with E-state index in [-0.39, 0.29) is 23.5 Å². The summed E-state index contributed by atoms with van der Waals surface area (Å²) in [5, 5.41) is 15.7. The minimum atomic E-state index is -0.722. The zero-order chi connectivity index (χ0) is 30.3. The van der Waals surface area contributed by atoms with E-state index in [1.165, 1.54) is 42.1 Å². The van der Waals surface area contributed by atoms with Crippen LogP contribution in [0, 0.1) is 10.1 Å². The normalized spacial score (nSPS) is 14.8. The second-order valence-corrected chi connectivity index (χ2v) is 10.6. The molecule has 1 aromatic heterocycles. The molecule has 0 radical (unpaired) electrons. The zero-order valence-corrected chi connectivity index (χ0v) is 23.2. The fraction of sp³-hybridized carbons (Fsp3) is 0.0645. The van der Waals surface area contributed by atoms with Crippen LogP contribution in [0.25, 0.3) is 6.08 Å². The van der Waals surface area contributed by atoms with Gasteiger partial charge in [-0.25, -0.2) is 4.90 Å². The van der Waals surface area contributed by atoms with Crippen molar-refractivity contribution in [2.24, 2.45) is 0 Å². The number of nitro benzene ring substituents is 1. The largest absolute Gasteiger partial charge is 0.321 e. The molecule has 0 aliphatic carbocycles. The van der Waals surface area contributed by atoms with E-state index in [4.69, 9.17) is 0 Å². The third kappa shape index (κ3) is 7.00. The molecule has 1 unspecified atom stereocenters. The van der Waals surface area contributed by atoms with Crippen molar-refractivity contribution in [2.75, 3.05) is 10.2 Å². The summed E-state index contributed by atoms with van der Waals surface area (Å²) in [5.74, 6) is -1.90. The number of rotatable bonds is 9. The number of anilines is 2. The van der Waals surface area contributed by atoms with Gasteiger partial charge in [-0.2, -0.15) is 0 Å². The highest BCUT2D eigenvalue weighted by molar-refractivity contribution is 8.00. The fourth-order valence-corrected chi connectivity index (χ4v) is 5.38. The van der Waals surface area contributed by atoms with E-state index >= 15 is 0 Å². The first-order chi connectivity index (χ1) is 20.8. The van der Waals surface area contributed by atoms with Crippen molar-refractivity contribution in [3.8, 4) is 0 Å². The number of benzene rings is 3. The Bertz CT molecular complexity index is 1730. The van der Waals surface area contributed by atoms with Crippen molar-refractivity contribution < 1.29 is 24.1 Å². The molecule has 4 aromatic rings. The van der Waals surface area contributed by atoms with Gasteiger partial charge in [0.05, 0.1) is 15.9 Å². The number of hydrogen-bond acceptors (Lipinski definition) is 8. The van der Waals surface area contributed by atoms with Crippen LogP contribution in [0.1, 0.15) is 22.3 Å². The Morgan fingerprint density at radius 2 is 1.74 bits per heavy atom. The molecule has 1 saturated heterocycles. The van der Waals surface area contributed by atoms with Crippen LogP contribution in [0.2, 0.25) is 0 Å². The number of aromatic nitrogens is 1. The lowest BCUT2D eigenvalue weighted by Crippen LogP contribution is -2.31. The molecule has 12 heteroatoms. The number of imide groups is 1. The summed E-state index contributed by atoms with van der Waals surface area (Å²) in [7, 11) is 0. The Morgan fingerprint density at radius 3 is 2.44 bits per heavy atom. The van der Waals surface area contributed by atoms with E-state index in [0.717, 1.165) is 4.90 Å². The number of hydrogen-bond donors (Lipinski definition) is 2. The molecule has 1 fully saturated rings. The number of non-ortho nitro benzene ring substituents is 1. The molecule has 1 aliphatic rings. The van der Waals surface area contributed by atoms with Crippen LogP contribution in [-0.2, 0) is 14.4 Å². The molecule has 214 valence electrons. The highest BCUT2D eigenvalue weighted by atomic mass is 32.2. The first-order valence-corrected chi connectivity index (χ1v) is 13.8. The smallest absolute Gasteiger partial charge is 0.272 e. The predicted octanol–water partition coefficient (Wildman–Crippen LogP) is 4.82. The Kier molecular flexibility index (Phi) is 8.68. The van der Waals surface area contributed by atoms with Gasteiger partial charge in [0.25, 0.3) is 17.5 Å². The van der Waals surface area contributed by atoms with Gasteiger partial charge in [0.2, 0.25) is 11.8 Å². The minimum Gasteiger partial charge on any atom is -0.321 e. The van der Waals surface area contributed by atoms with Crippen molar-refractivity contribution in [3.63, 3.8) is 0 Å². The molecule has 0 bridgehead atoms. The van der Waals surface area contributed by atoms with Crippen molar-refractivity contribution in [1.29, 1.82) is 0 Å². The molecule has 0 saturated carbocycles. The van der Waals surface area contributed by atoms with Gasteiger partial charge < -0.3 is 10.6 Å². The number of thioether (sulfide) groups is 1. The van der Waals surface area contributed by atoms with E-state index < -0.39 is 33.8 Å². The number of amides is 4. The molecular weight excluding hydrogens is 570 g/mol. The number of carbonyl (C=O) groups excluding carboxylic acids is 4. The van der Waals surface area contributed by atoms with Crippen LogP contribution in [0.15, 0.2) is 114 Å². The van der Waals surface area contributed by atoms with Gasteiger partial charge in [-0.1, -0.05) is 30.3 Å². The standard InChI is InChI=1S/C31H23N5O6S/c37-28-18-27(31(40)35(28)23-11-13-24(14-12-23)36(41)42)43-25-10-4-9-22(17-25)33-30(39)26(16-20-6-5-15-32-19-20)34-29(38)21-7-2-1-3-8-21/h1-17,19,27H,18H2,(H,33,39)(H,34,38). The van der Waals surface area contributed by atoms with Gasteiger partial charge >= 0.3 is 0 Å². The van der Waals surface area contributed by atoms with Crippen molar-refractivity contribution in [2.45, 2.75) is 16.6 Å². The first-order valence-electron chi connectivity index (χ1n) is 13.0. The number of nitrogens with one attached hydrogen (secondary N) is 2. The SMILES string of the molecule is O=C(Nc1cccc(SC2CC(=O)N(c3ccc([N+](=O)[O-])cc3)C2=O)c1)C(=Cc1cccnc1)NC(=O)c1ccccc1. The molecule has 2 heterocycles. The van der Waals surface area contributed by atoms with E-state index in [1.807, 2.05) is 0 Å². The van der Waals surface area contributed by atoms with Gasteiger partial charge in [-0.3, -0.25) is 34.3 Å². The van der Waals surface area contributed by atoms with Crippen molar-refractivity contribution in [1.82, 2.24) is 10.3 Å². The molecule has 3 aromatic carbocycles. The molecular formula is C31H23N5O6S. The number of carbonyl (C=O) groups is 4. The van der Waals surface area contributed by atoms with Gasteiger partial charge in [-0.15, -0.1) is 11.8 Å². The molecule has 43 heavy (non-hydrogen) atoms. The van der Waals surface area contributed by atoms with Crippen LogP contribution in [0.4, 0.5) is 17.1 Å². The first kappa shape index (κ1) is 28.9. The lowest BCUT2D eigenvalue weighted by molar-refractivity contribution is -0.384. The molecule has 4 amide bonds. The summed E-state index contributed by atoms with van der Waals surface area (Å²) < 4.78 is 0. The number of nitro groups is 1.